The van der Waals surface area contributed by atoms with Crippen LogP contribution < -0.4 is 11.1 Å². The molecule has 0 radical (unpaired) electrons. The molecule has 1 amide bonds. The molecule has 1 rings (SSSR count). The van der Waals surface area contributed by atoms with Crippen LogP contribution in [0.15, 0.2) is 18.3 Å². The molecule has 0 saturated heterocycles. The van der Waals surface area contributed by atoms with E-state index in [9.17, 15) is 4.79 Å². The molecule has 0 fully saturated rings. The van der Waals surface area contributed by atoms with Gasteiger partial charge in [-0.15, -0.1) is 0 Å². The summed E-state index contributed by atoms with van der Waals surface area (Å²) in [5.41, 5.74) is 6.61. The Labute approximate surface area is 83.5 Å². The first-order chi connectivity index (χ1) is 6.63. The van der Waals surface area contributed by atoms with Crippen LogP contribution in [0.3, 0.4) is 0 Å². The summed E-state index contributed by atoms with van der Waals surface area (Å²) in [5.74, 6) is 0.355. The summed E-state index contributed by atoms with van der Waals surface area (Å²) >= 11 is 0. The highest BCUT2D eigenvalue weighted by molar-refractivity contribution is 5.93. The van der Waals surface area contributed by atoms with Gasteiger partial charge < -0.3 is 11.1 Å². The second kappa shape index (κ2) is 4.72. The normalized spacial score (nSPS) is 12.2. The molecule has 0 aromatic carbocycles. The third kappa shape index (κ3) is 2.81. The molecule has 4 heteroatoms. The molecule has 0 aliphatic heterocycles. The van der Waals surface area contributed by atoms with Gasteiger partial charge in [0.1, 0.15) is 5.82 Å². The molecule has 76 valence electrons. The molecule has 0 aliphatic carbocycles. The zero-order valence-electron chi connectivity index (χ0n) is 8.45. The average molecular weight is 193 g/mol. The maximum absolute atomic E-state index is 11.4. The van der Waals surface area contributed by atoms with Crippen molar-refractivity contribution in [3.8, 4) is 0 Å². The first-order valence-electron chi connectivity index (χ1n) is 4.62. The number of carbonyl (C=O) groups is 1. The summed E-state index contributed by atoms with van der Waals surface area (Å²) in [6.45, 7) is 3.81. The van der Waals surface area contributed by atoms with Crippen LogP contribution in [-0.4, -0.2) is 16.9 Å². The number of amides is 1. The highest BCUT2D eigenvalue weighted by Crippen LogP contribution is 2.04. The molecule has 0 aliphatic rings. The van der Waals surface area contributed by atoms with E-state index < -0.39 is 6.04 Å². The lowest BCUT2D eigenvalue weighted by Gasteiger charge is -2.08. The first-order valence-corrected chi connectivity index (χ1v) is 4.62. The van der Waals surface area contributed by atoms with Crippen LogP contribution in [0.4, 0.5) is 5.82 Å². The van der Waals surface area contributed by atoms with E-state index in [4.69, 9.17) is 5.73 Å². The number of anilines is 1. The molecule has 0 bridgehead atoms. The van der Waals surface area contributed by atoms with Gasteiger partial charge in [-0.2, -0.15) is 0 Å². The van der Waals surface area contributed by atoms with Crippen molar-refractivity contribution >= 4 is 11.7 Å². The minimum absolute atomic E-state index is 0.191. The van der Waals surface area contributed by atoms with E-state index in [-0.39, 0.29) is 5.91 Å². The topological polar surface area (TPSA) is 68.0 Å². The number of nitrogens with one attached hydrogen (secondary N) is 1. The highest BCUT2D eigenvalue weighted by Gasteiger charge is 2.10. The van der Waals surface area contributed by atoms with Gasteiger partial charge in [-0.05, 0) is 25.0 Å². The molecular weight excluding hydrogens is 178 g/mol. The van der Waals surface area contributed by atoms with Gasteiger partial charge in [-0.1, -0.05) is 13.0 Å². The summed E-state index contributed by atoms with van der Waals surface area (Å²) in [7, 11) is 0. The fourth-order valence-electron chi connectivity index (χ4n) is 0.946. The van der Waals surface area contributed by atoms with Gasteiger partial charge >= 0.3 is 0 Å². The fraction of sp³-hybridized carbons (Fsp3) is 0.400. The standard InChI is InChI=1S/C10H15N3O/c1-3-8(11)10(14)13-9-5-4-7(2)6-12-9/h4-6,8H,3,11H2,1-2H3,(H,12,13,14)/t8-/m0/s1. The SMILES string of the molecule is CC[C@H](N)C(=O)Nc1ccc(C)cn1. The molecule has 1 heterocycles. The number of aryl methyl sites for hydroxylation is 1. The molecule has 0 unspecified atom stereocenters. The molecule has 0 saturated carbocycles. The second-order valence-corrected chi connectivity index (χ2v) is 3.22. The second-order valence-electron chi connectivity index (χ2n) is 3.22. The Kier molecular flexibility index (Phi) is 3.59. The number of hydrogen-bond donors (Lipinski definition) is 2. The Hall–Kier alpha value is -1.42. The third-order valence-corrected chi connectivity index (χ3v) is 1.94. The molecular formula is C10H15N3O. The molecule has 0 spiro atoms. The van der Waals surface area contributed by atoms with Gasteiger partial charge in [0.05, 0.1) is 6.04 Å². The fourth-order valence-corrected chi connectivity index (χ4v) is 0.946. The first kappa shape index (κ1) is 10.7. The van der Waals surface area contributed by atoms with Crippen molar-refractivity contribution < 1.29 is 4.79 Å². The minimum atomic E-state index is -0.460. The quantitative estimate of drug-likeness (QED) is 0.754. The van der Waals surface area contributed by atoms with Crippen LogP contribution in [0.2, 0.25) is 0 Å². The summed E-state index contributed by atoms with van der Waals surface area (Å²) in [4.78, 5) is 15.4. The van der Waals surface area contributed by atoms with Crippen LogP contribution in [0.25, 0.3) is 0 Å². The van der Waals surface area contributed by atoms with E-state index in [1.54, 1.807) is 12.3 Å². The Bertz CT molecular complexity index is 308. The van der Waals surface area contributed by atoms with Crippen molar-refractivity contribution in [2.24, 2.45) is 5.73 Å². The van der Waals surface area contributed by atoms with E-state index in [2.05, 4.69) is 10.3 Å². The number of carbonyl (C=O) groups excluding carboxylic acids is 1. The lowest BCUT2D eigenvalue weighted by Crippen LogP contribution is -2.35. The summed E-state index contributed by atoms with van der Waals surface area (Å²) < 4.78 is 0. The Morgan fingerprint density at radius 2 is 2.36 bits per heavy atom. The minimum Gasteiger partial charge on any atom is -0.320 e. The number of pyridine rings is 1. The van der Waals surface area contributed by atoms with E-state index in [0.29, 0.717) is 12.2 Å². The average Bonchev–Trinajstić information content (AvgIpc) is 2.20. The molecule has 14 heavy (non-hydrogen) atoms. The van der Waals surface area contributed by atoms with Crippen LogP contribution >= 0.6 is 0 Å². The Morgan fingerprint density at radius 1 is 1.64 bits per heavy atom. The van der Waals surface area contributed by atoms with Crippen molar-refractivity contribution in [2.75, 3.05) is 5.32 Å². The van der Waals surface area contributed by atoms with Gasteiger partial charge in [0, 0.05) is 6.20 Å². The zero-order chi connectivity index (χ0) is 10.6. The molecule has 1 atom stereocenters. The molecule has 1 aromatic rings. The Morgan fingerprint density at radius 3 is 2.86 bits per heavy atom. The van der Waals surface area contributed by atoms with E-state index in [1.807, 2.05) is 19.9 Å². The van der Waals surface area contributed by atoms with Gasteiger partial charge in [0.15, 0.2) is 0 Å². The van der Waals surface area contributed by atoms with Gasteiger partial charge in [0.2, 0.25) is 5.91 Å². The maximum Gasteiger partial charge on any atom is 0.242 e. The number of rotatable bonds is 3. The number of nitrogens with two attached hydrogens (primary N) is 1. The predicted octanol–water partition coefficient (Wildman–Crippen LogP) is 1.07. The van der Waals surface area contributed by atoms with Crippen molar-refractivity contribution in [1.82, 2.24) is 4.98 Å². The van der Waals surface area contributed by atoms with E-state index in [1.165, 1.54) is 0 Å². The highest BCUT2D eigenvalue weighted by atomic mass is 16.2. The van der Waals surface area contributed by atoms with Crippen LogP contribution in [0.5, 0.6) is 0 Å². The number of aromatic nitrogens is 1. The van der Waals surface area contributed by atoms with Crippen LogP contribution in [0.1, 0.15) is 18.9 Å². The summed E-state index contributed by atoms with van der Waals surface area (Å²) in [6, 6.07) is 3.19. The van der Waals surface area contributed by atoms with E-state index >= 15 is 0 Å². The zero-order valence-corrected chi connectivity index (χ0v) is 8.45. The molecule has 3 N–H and O–H groups in total. The maximum atomic E-state index is 11.4. The smallest absolute Gasteiger partial charge is 0.242 e. The van der Waals surface area contributed by atoms with Crippen LogP contribution in [0, 0.1) is 6.92 Å². The van der Waals surface area contributed by atoms with Crippen molar-refractivity contribution in [1.29, 1.82) is 0 Å². The summed E-state index contributed by atoms with van der Waals surface area (Å²) in [6.07, 6.45) is 2.32. The largest absolute Gasteiger partial charge is 0.320 e. The predicted molar refractivity (Wildman–Crippen MR) is 55.9 cm³/mol. The van der Waals surface area contributed by atoms with Gasteiger partial charge in [-0.25, -0.2) is 4.98 Å². The molecule has 1 aromatic heterocycles. The number of hydrogen-bond acceptors (Lipinski definition) is 3. The van der Waals surface area contributed by atoms with Crippen molar-refractivity contribution in [3.63, 3.8) is 0 Å². The van der Waals surface area contributed by atoms with Crippen molar-refractivity contribution in [3.05, 3.63) is 23.9 Å². The van der Waals surface area contributed by atoms with Crippen LogP contribution in [-0.2, 0) is 4.79 Å². The number of nitrogens with zero attached hydrogens (tertiary/aromatic N) is 1. The molecule has 4 nitrogen and oxygen atoms in total. The third-order valence-electron chi connectivity index (χ3n) is 1.94. The van der Waals surface area contributed by atoms with Crippen molar-refractivity contribution in [2.45, 2.75) is 26.3 Å². The monoisotopic (exact) mass is 193 g/mol. The van der Waals surface area contributed by atoms with Gasteiger partial charge in [0.25, 0.3) is 0 Å². The lowest BCUT2D eigenvalue weighted by molar-refractivity contribution is -0.117. The summed E-state index contributed by atoms with van der Waals surface area (Å²) in [5, 5.41) is 2.64. The van der Waals surface area contributed by atoms with E-state index in [0.717, 1.165) is 5.56 Å². The lowest BCUT2D eigenvalue weighted by atomic mass is 10.2. The Balaban J connectivity index is 2.60. The van der Waals surface area contributed by atoms with Gasteiger partial charge in [-0.3, -0.25) is 4.79 Å².